The lowest BCUT2D eigenvalue weighted by Gasteiger charge is -2.25. The molecule has 0 spiro atoms. The lowest BCUT2D eigenvalue weighted by atomic mass is 10.0. The van der Waals surface area contributed by atoms with E-state index in [0.717, 1.165) is 5.56 Å². The molecule has 0 aliphatic rings. The van der Waals surface area contributed by atoms with E-state index in [0.29, 0.717) is 17.7 Å². The molecule has 2 aromatic carbocycles. The van der Waals surface area contributed by atoms with Gasteiger partial charge in [-0.05, 0) is 54.8 Å². The lowest BCUT2D eigenvalue weighted by molar-refractivity contribution is 0.169. The maximum Gasteiger partial charge on any atom is 0.139 e. The van der Waals surface area contributed by atoms with E-state index in [-0.39, 0.29) is 17.7 Å². The van der Waals surface area contributed by atoms with Gasteiger partial charge in [0.25, 0.3) is 0 Å². The SMILES string of the molecule is CCC(N)C(Oc1ccc(F)cc1C)c1ccc(F)cc1. The van der Waals surface area contributed by atoms with Crippen molar-refractivity contribution in [2.75, 3.05) is 0 Å². The summed E-state index contributed by atoms with van der Waals surface area (Å²) in [6.45, 7) is 3.74. The van der Waals surface area contributed by atoms with Crippen molar-refractivity contribution in [2.24, 2.45) is 5.73 Å². The number of aryl methyl sites for hydroxylation is 1. The Labute approximate surface area is 123 Å². The molecule has 2 nitrogen and oxygen atoms in total. The van der Waals surface area contributed by atoms with Gasteiger partial charge < -0.3 is 10.5 Å². The molecule has 0 amide bonds. The molecule has 0 aliphatic heterocycles. The molecular weight excluding hydrogens is 272 g/mol. The molecule has 0 heterocycles. The van der Waals surface area contributed by atoms with Crippen LogP contribution in [0.1, 0.15) is 30.6 Å². The monoisotopic (exact) mass is 291 g/mol. The van der Waals surface area contributed by atoms with E-state index < -0.39 is 6.10 Å². The molecule has 0 fully saturated rings. The van der Waals surface area contributed by atoms with Crippen LogP contribution in [0, 0.1) is 18.6 Å². The van der Waals surface area contributed by atoms with Crippen molar-refractivity contribution in [3.63, 3.8) is 0 Å². The highest BCUT2D eigenvalue weighted by molar-refractivity contribution is 5.34. The van der Waals surface area contributed by atoms with E-state index in [4.69, 9.17) is 10.5 Å². The van der Waals surface area contributed by atoms with Gasteiger partial charge in [0.1, 0.15) is 23.5 Å². The van der Waals surface area contributed by atoms with Crippen LogP contribution in [-0.4, -0.2) is 6.04 Å². The summed E-state index contributed by atoms with van der Waals surface area (Å²) in [5, 5.41) is 0. The molecule has 0 aliphatic carbocycles. The predicted molar refractivity (Wildman–Crippen MR) is 79.2 cm³/mol. The van der Waals surface area contributed by atoms with Gasteiger partial charge in [0, 0.05) is 6.04 Å². The number of hydrogen-bond donors (Lipinski definition) is 1. The van der Waals surface area contributed by atoms with E-state index >= 15 is 0 Å². The Morgan fingerprint density at radius 3 is 2.24 bits per heavy atom. The second kappa shape index (κ2) is 6.68. The summed E-state index contributed by atoms with van der Waals surface area (Å²) >= 11 is 0. The van der Waals surface area contributed by atoms with Crippen molar-refractivity contribution in [1.82, 2.24) is 0 Å². The molecule has 21 heavy (non-hydrogen) atoms. The van der Waals surface area contributed by atoms with Gasteiger partial charge in [-0.2, -0.15) is 0 Å². The number of rotatable bonds is 5. The van der Waals surface area contributed by atoms with E-state index in [2.05, 4.69) is 0 Å². The summed E-state index contributed by atoms with van der Waals surface area (Å²) < 4.78 is 32.2. The van der Waals surface area contributed by atoms with Gasteiger partial charge in [-0.15, -0.1) is 0 Å². The third-order valence-corrected chi connectivity index (χ3v) is 3.45. The van der Waals surface area contributed by atoms with Crippen LogP contribution in [0.5, 0.6) is 5.75 Å². The van der Waals surface area contributed by atoms with Crippen LogP contribution in [0.4, 0.5) is 8.78 Å². The van der Waals surface area contributed by atoms with Crippen molar-refractivity contribution >= 4 is 0 Å². The first-order valence-corrected chi connectivity index (χ1v) is 6.95. The molecule has 2 unspecified atom stereocenters. The minimum Gasteiger partial charge on any atom is -0.484 e. The average Bonchev–Trinajstić information content (AvgIpc) is 2.47. The summed E-state index contributed by atoms with van der Waals surface area (Å²) in [4.78, 5) is 0. The number of ether oxygens (including phenoxy) is 1. The topological polar surface area (TPSA) is 35.2 Å². The summed E-state index contributed by atoms with van der Waals surface area (Å²) in [7, 11) is 0. The molecule has 4 heteroatoms. The molecule has 0 aromatic heterocycles. The Hall–Kier alpha value is -1.94. The zero-order valence-electron chi connectivity index (χ0n) is 12.1. The van der Waals surface area contributed by atoms with E-state index in [1.54, 1.807) is 25.1 Å². The van der Waals surface area contributed by atoms with E-state index in [9.17, 15) is 8.78 Å². The van der Waals surface area contributed by atoms with Crippen molar-refractivity contribution in [1.29, 1.82) is 0 Å². The van der Waals surface area contributed by atoms with Gasteiger partial charge in [-0.3, -0.25) is 0 Å². The summed E-state index contributed by atoms with van der Waals surface area (Å²) in [5.41, 5.74) is 7.62. The fraction of sp³-hybridized carbons (Fsp3) is 0.294. The quantitative estimate of drug-likeness (QED) is 0.899. The Morgan fingerprint density at radius 2 is 1.67 bits per heavy atom. The molecule has 2 rings (SSSR count). The third-order valence-electron chi connectivity index (χ3n) is 3.45. The second-order valence-electron chi connectivity index (χ2n) is 5.07. The molecule has 2 atom stereocenters. The number of halogens is 2. The van der Waals surface area contributed by atoms with E-state index in [1.165, 1.54) is 24.3 Å². The summed E-state index contributed by atoms with van der Waals surface area (Å²) in [5.74, 6) is -0.0341. The first-order valence-electron chi connectivity index (χ1n) is 6.95. The second-order valence-corrected chi connectivity index (χ2v) is 5.07. The first kappa shape index (κ1) is 15.4. The van der Waals surface area contributed by atoms with Gasteiger partial charge in [0.05, 0.1) is 0 Å². The van der Waals surface area contributed by atoms with Crippen molar-refractivity contribution in [2.45, 2.75) is 32.4 Å². The van der Waals surface area contributed by atoms with Crippen LogP contribution < -0.4 is 10.5 Å². The Balaban J connectivity index is 2.30. The van der Waals surface area contributed by atoms with Gasteiger partial charge in [0.2, 0.25) is 0 Å². The number of benzene rings is 2. The zero-order valence-corrected chi connectivity index (χ0v) is 12.1. The maximum absolute atomic E-state index is 13.2. The molecular formula is C17H19F2NO. The Morgan fingerprint density at radius 1 is 1.05 bits per heavy atom. The average molecular weight is 291 g/mol. The van der Waals surface area contributed by atoms with Crippen LogP contribution in [-0.2, 0) is 0 Å². The van der Waals surface area contributed by atoms with Gasteiger partial charge in [-0.25, -0.2) is 8.78 Å². The molecule has 0 radical (unpaired) electrons. The molecule has 2 aromatic rings. The molecule has 0 saturated carbocycles. The van der Waals surface area contributed by atoms with Crippen molar-refractivity contribution in [3.8, 4) is 5.75 Å². The molecule has 2 N–H and O–H groups in total. The lowest BCUT2D eigenvalue weighted by Crippen LogP contribution is -2.31. The fourth-order valence-corrected chi connectivity index (χ4v) is 2.15. The molecule has 112 valence electrons. The molecule has 0 saturated heterocycles. The molecule has 0 bridgehead atoms. The summed E-state index contributed by atoms with van der Waals surface area (Å²) in [6, 6.07) is 10.2. The zero-order chi connectivity index (χ0) is 15.4. The van der Waals surface area contributed by atoms with Crippen LogP contribution in [0.15, 0.2) is 42.5 Å². The highest BCUT2D eigenvalue weighted by atomic mass is 19.1. The minimum atomic E-state index is -0.403. The van der Waals surface area contributed by atoms with Crippen LogP contribution >= 0.6 is 0 Å². The Kier molecular flexibility index (Phi) is 4.91. The third kappa shape index (κ3) is 3.79. The highest BCUT2D eigenvalue weighted by Gasteiger charge is 2.21. The maximum atomic E-state index is 13.2. The largest absolute Gasteiger partial charge is 0.484 e. The Bertz CT molecular complexity index is 598. The normalized spacial score (nSPS) is 13.8. The fourth-order valence-electron chi connectivity index (χ4n) is 2.15. The minimum absolute atomic E-state index is 0.236. The van der Waals surface area contributed by atoms with Crippen LogP contribution in [0.2, 0.25) is 0 Å². The first-order chi connectivity index (χ1) is 10.0. The van der Waals surface area contributed by atoms with E-state index in [1.807, 2.05) is 6.92 Å². The van der Waals surface area contributed by atoms with Gasteiger partial charge in [-0.1, -0.05) is 19.1 Å². The van der Waals surface area contributed by atoms with Crippen LogP contribution in [0.3, 0.4) is 0 Å². The van der Waals surface area contributed by atoms with Gasteiger partial charge in [0.15, 0.2) is 0 Å². The predicted octanol–water partition coefficient (Wildman–Crippen LogP) is 4.13. The summed E-state index contributed by atoms with van der Waals surface area (Å²) in [6.07, 6.45) is 0.308. The van der Waals surface area contributed by atoms with Crippen molar-refractivity contribution < 1.29 is 13.5 Å². The standard InChI is InChI=1S/C17H19F2NO/c1-3-15(20)17(12-4-6-13(18)7-5-12)21-16-9-8-14(19)10-11(16)2/h4-10,15,17H,3,20H2,1-2H3. The number of nitrogens with two attached hydrogens (primary N) is 1. The smallest absolute Gasteiger partial charge is 0.139 e. The van der Waals surface area contributed by atoms with Crippen molar-refractivity contribution in [3.05, 3.63) is 65.2 Å². The number of hydrogen-bond acceptors (Lipinski definition) is 2. The highest BCUT2D eigenvalue weighted by Crippen LogP contribution is 2.28. The van der Waals surface area contributed by atoms with Gasteiger partial charge >= 0.3 is 0 Å². The van der Waals surface area contributed by atoms with Crippen LogP contribution in [0.25, 0.3) is 0 Å².